The Morgan fingerprint density at radius 3 is 2.75 bits per heavy atom. The second-order valence-electron chi connectivity index (χ2n) is 7.71. The van der Waals surface area contributed by atoms with Crippen LogP contribution in [0.3, 0.4) is 0 Å². The first kappa shape index (κ1) is 17.3. The maximum atomic E-state index is 13.5. The van der Waals surface area contributed by atoms with Gasteiger partial charge in [-0.1, -0.05) is 30.3 Å². The summed E-state index contributed by atoms with van der Waals surface area (Å²) in [5.41, 5.74) is 2.53. The van der Waals surface area contributed by atoms with Gasteiger partial charge in [0.2, 0.25) is 5.76 Å². The molecule has 1 amide bonds. The zero-order valence-corrected chi connectivity index (χ0v) is 16.0. The molecular weight excluding hydrogens is 352 g/mol. The van der Waals surface area contributed by atoms with E-state index in [-0.39, 0.29) is 5.91 Å². The number of amides is 1. The Kier molecular flexibility index (Phi) is 4.32. The molecular formula is C23H24N2O3. The highest BCUT2D eigenvalue weighted by atomic mass is 16.5. The summed E-state index contributed by atoms with van der Waals surface area (Å²) >= 11 is 0. The van der Waals surface area contributed by atoms with Crippen molar-refractivity contribution in [3.05, 3.63) is 54.3 Å². The predicted molar refractivity (Wildman–Crippen MR) is 109 cm³/mol. The number of methoxy groups -OCH3 is 1. The molecule has 2 atom stereocenters. The number of furan rings is 1. The Morgan fingerprint density at radius 2 is 1.93 bits per heavy atom. The molecule has 2 aliphatic rings. The minimum absolute atomic E-state index is 0.0247. The molecule has 0 spiro atoms. The van der Waals surface area contributed by atoms with Crippen LogP contribution < -0.4 is 10.1 Å². The van der Waals surface area contributed by atoms with E-state index in [4.69, 9.17) is 9.15 Å². The van der Waals surface area contributed by atoms with Gasteiger partial charge < -0.3 is 19.4 Å². The van der Waals surface area contributed by atoms with E-state index in [1.54, 1.807) is 7.11 Å². The number of carbonyl (C=O) groups excluding carboxylic acids is 1. The van der Waals surface area contributed by atoms with E-state index in [9.17, 15) is 4.79 Å². The second kappa shape index (κ2) is 6.99. The number of benzene rings is 2. The molecule has 2 fully saturated rings. The monoisotopic (exact) mass is 376 g/mol. The molecule has 1 aromatic heterocycles. The Bertz CT molecular complexity index is 1010. The first-order chi connectivity index (χ1) is 13.7. The van der Waals surface area contributed by atoms with E-state index in [1.807, 2.05) is 53.4 Å². The SMILES string of the molecule is COc1ccc2c(-c3ccccc3)c(C(=O)N3CCC4CCC(C3)N4)oc2c1. The molecule has 2 aliphatic heterocycles. The average molecular weight is 376 g/mol. The summed E-state index contributed by atoms with van der Waals surface area (Å²) < 4.78 is 11.5. The summed E-state index contributed by atoms with van der Waals surface area (Å²) in [7, 11) is 1.63. The highest BCUT2D eigenvalue weighted by Gasteiger charge is 2.34. The van der Waals surface area contributed by atoms with Gasteiger partial charge in [0.05, 0.1) is 7.11 Å². The number of nitrogens with zero attached hydrogens (tertiary/aromatic N) is 1. The van der Waals surface area contributed by atoms with Gasteiger partial charge in [-0.15, -0.1) is 0 Å². The van der Waals surface area contributed by atoms with Crippen LogP contribution in [0.4, 0.5) is 0 Å². The lowest BCUT2D eigenvalue weighted by molar-refractivity contribution is 0.0719. The van der Waals surface area contributed by atoms with E-state index in [2.05, 4.69) is 5.32 Å². The molecule has 0 aliphatic carbocycles. The van der Waals surface area contributed by atoms with E-state index in [1.165, 1.54) is 6.42 Å². The van der Waals surface area contributed by atoms with Crippen molar-refractivity contribution >= 4 is 16.9 Å². The Hall–Kier alpha value is -2.79. The van der Waals surface area contributed by atoms with Crippen LogP contribution in [-0.2, 0) is 0 Å². The number of nitrogens with one attached hydrogen (secondary N) is 1. The molecule has 144 valence electrons. The van der Waals surface area contributed by atoms with Crippen molar-refractivity contribution in [2.24, 2.45) is 0 Å². The van der Waals surface area contributed by atoms with Gasteiger partial charge in [0.15, 0.2) is 0 Å². The number of hydrogen-bond donors (Lipinski definition) is 1. The lowest BCUT2D eigenvalue weighted by Crippen LogP contribution is -2.39. The van der Waals surface area contributed by atoms with Crippen molar-refractivity contribution in [2.75, 3.05) is 20.2 Å². The van der Waals surface area contributed by atoms with Gasteiger partial charge in [-0.2, -0.15) is 0 Å². The van der Waals surface area contributed by atoms with E-state index < -0.39 is 0 Å². The van der Waals surface area contributed by atoms with Gasteiger partial charge in [-0.3, -0.25) is 4.79 Å². The van der Waals surface area contributed by atoms with Gasteiger partial charge >= 0.3 is 0 Å². The standard InChI is InChI=1S/C23H24N2O3/c1-27-18-9-10-19-20(13-18)28-22(21(19)15-5-3-2-4-6-15)23(26)25-12-11-16-7-8-17(14-25)24-16/h2-6,9-10,13,16-17,24H,7-8,11-12,14H2,1H3. The van der Waals surface area contributed by atoms with Gasteiger partial charge in [0, 0.05) is 42.2 Å². The fourth-order valence-corrected chi connectivity index (χ4v) is 4.52. The van der Waals surface area contributed by atoms with E-state index in [0.717, 1.165) is 48.2 Å². The number of carbonyl (C=O) groups is 1. The van der Waals surface area contributed by atoms with Crippen molar-refractivity contribution in [3.63, 3.8) is 0 Å². The molecule has 1 N–H and O–H groups in total. The zero-order valence-electron chi connectivity index (χ0n) is 16.0. The largest absolute Gasteiger partial charge is 0.497 e. The van der Waals surface area contributed by atoms with Crippen molar-refractivity contribution < 1.29 is 13.9 Å². The van der Waals surface area contributed by atoms with Crippen LogP contribution in [0.2, 0.25) is 0 Å². The zero-order chi connectivity index (χ0) is 19.1. The second-order valence-corrected chi connectivity index (χ2v) is 7.71. The van der Waals surface area contributed by atoms with Crippen molar-refractivity contribution in [1.82, 2.24) is 10.2 Å². The molecule has 2 bridgehead atoms. The molecule has 3 aromatic rings. The van der Waals surface area contributed by atoms with Crippen LogP contribution in [0.15, 0.2) is 52.9 Å². The van der Waals surface area contributed by atoms with Crippen LogP contribution in [0, 0.1) is 0 Å². The summed E-state index contributed by atoms with van der Waals surface area (Å²) in [6.07, 6.45) is 3.35. The molecule has 28 heavy (non-hydrogen) atoms. The number of likely N-dealkylation sites (tertiary alicyclic amines) is 1. The van der Waals surface area contributed by atoms with Crippen molar-refractivity contribution in [1.29, 1.82) is 0 Å². The highest BCUT2D eigenvalue weighted by Crippen LogP contribution is 2.37. The minimum Gasteiger partial charge on any atom is -0.497 e. The average Bonchev–Trinajstić information content (AvgIpc) is 3.27. The highest BCUT2D eigenvalue weighted by molar-refractivity contribution is 6.08. The van der Waals surface area contributed by atoms with Gasteiger partial charge in [-0.05, 0) is 37.0 Å². The molecule has 2 aromatic carbocycles. The third-order valence-electron chi connectivity index (χ3n) is 5.96. The smallest absolute Gasteiger partial charge is 0.290 e. The Labute approximate surface area is 164 Å². The molecule has 2 saturated heterocycles. The summed E-state index contributed by atoms with van der Waals surface area (Å²) in [5.74, 6) is 1.12. The first-order valence-corrected chi connectivity index (χ1v) is 9.94. The van der Waals surface area contributed by atoms with Crippen molar-refractivity contribution in [3.8, 4) is 16.9 Å². The first-order valence-electron chi connectivity index (χ1n) is 9.94. The van der Waals surface area contributed by atoms with Crippen LogP contribution in [0.25, 0.3) is 22.1 Å². The number of rotatable bonds is 3. The lowest BCUT2D eigenvalue weighted by Gasteiger charge is -2.23. The summed E-state index contributed by atoms with van der Waals surface area (Å²) in [5, 5.41) is 4.57. The third-order valence-corrected chi connectivity index (χ3v) is 5.96. The predicted octanol–water partition coefficient (Wildman–Crippen LogP) is 4.07. The normalized spacial score (nSPS) is 21.7. The lowest BCUT2D eigenvalue weighted by atomic mass is 10.0. The summed E-state index contributed by atoms with van der Waals surface area (Å²) in [6.45, 7) is 1.51. The van der Waals surface area contributed by atoms with Crippen LogP contribution in [0.1, 0.15) is 29.8 Å². The minimum atomic E-state index is -0.0247. The van der Waals surface area contributed by atoms with E-state index >= 15 is 0 Å². The number of hydrogen-bond acceptors (Lipinski definition) is 4. The Balaban J connectivity index is 1.60. The molecule has 5 heteroatoms. The molecule has 2 unspecified atom stereocenters. The molecule has 0 saturated carbocycles. The van der Waals surface area contributed by atoms with Crippen LogP contribution in [-0.4, -0.2) is 43.1 Å². The third kappa shape index (κ3) is 2.96. The van der Waals surface area contributed by atoms with E-state index in [0.29, 0.717) is 23.4 Å². The number of ether oxygens (including phenoxy) is 1. The van der Waals surface area contributed by atoms with Crippen LogP contribution >= 0.6 is 0 Å². The molecule has 5 rings (SSSR count). The van der Waals surface area contributed by atoms with Gasteiger partial charge in [0.1, 0.15) is 11.3 Å². The van der Waals surface area contributed by atoms with Crippen molar-refractivity contribution in [2.45, 2.75) is 31.3 Å². The topological polar surface area (TPSA) is 54.7 Å². The fraction of sp³-hybridized carbons (Fsp3) is 0.348. The Morgan fingerprint density at radius 1 is 1.11 bits per heavy atom. The quantitative estimate of drug-likeness (QED) is 0.749. The maximum Gasteiger partial charge on any atom is 0.290 e. The maximum absolute atomic E-state index is 13.5. The summed E-state index contributed by atoms with van der Waals surface area (Å²) in [4.78, 5) is 15.5. The van der Waals surface area contributed by atoms with Gasteiger partial charge in [-0.25, -0.2) is 0 Å². The number of fused-ring (bicyclic) bond motifs is 3. The summed E-state index contributed by atoms with van der Waals surface area (Å²) in [6, 6.07) is 16.7. The fourth-order valence-electron chi connectivity index (χ4n) is 4.52. The van der Waals surface area contributed by atoms with Crippen LogP contribution in [0.5, 0.6) is 5.75 Å². The molecule has 5 nitrogen and oxygen atoms in total. The molecule has 0 radical (unpaired) electrons. The molecule has 3 heterocycles. The van der Waals surface area contributed by atoms with Gasteiger partial charge in [0.25, 0.3) is 5.91 Å².